The first kappa shape index (κ1) is 12.4. The SMILES string of the molecule is CCc1ccc(CC(N)c2cc3sccc3s2)s1. The monoisotopic (exact) mass is 293 g/mol. The van der Waals surface area contributed by atoms with Gasteiger partial charge in [0, 0.05) is 36.5 Å². The quantitative estimate of drug-likeness (QED) is 0.732. The highest BCUT2D eigenvalue weighted by Crippen LogP contribution is 2.34. The molecule has 18 heavy (non-hydrogen) atoms. The van der Waals surface area contributed by atoms with Crippen LogP contribution in [-0.2, 0) is 12.8 Å². The molecular formula is C14H15NS3. The van der Waals surface area contributed by atoms with Crippen LogP contribution in [0.25, 0.3) is 9.40 Å². The van der Waals surface area contributed by atoms with Crippen molar-refractivity contribution in [2.45, 2.75) is 25.8 Å². The van der Waals surface area contributed by atoms with Gasteiger partial charge in [0.1, 0.15) is 0 Å². The summed E-state index contributed by atoms with van der Waals surface area (Å²) in [7, 11) is 0. The summed E-state index contributed by atoms with van der Waals surface area (Å²) >= 11 is 5.52. The zero-order valence-corrected chi connectivity index (χ0v) is 12.6. The minimum absolute atomic E-state index is 0.137. The summed E-state index contributed by atoms with van der Waals surface area (Å²) in [6.07, 6.45) is 2.08. The topological polar surface area (TPSA) is 26.0 Å². The van der Waals surface area contributed by atoms with Gasteiger partial charge in [0.05, 0.1) is 0 Å². The Hall–Kier alpha value is -0.680. The predicted molar refractivity (Wildman–Crippen MR) is 84.0 cm³/mol. The lowest BCUT2D eigenvalue weighted by atomic mass is 10.1. The summed E-state index contributed by atoms with van der Waals surface area (Å²) in [6, 6.07) is 9.02. The van der Waals surface area contributed by atoms with Gasteiger partial charge in [0.15, 0.2) is 0 Å². The number of nitrogens with two attached hydrogens (primary N) is 1. The maximum Gasteiger partial charge on any atom is 0.0454 e. The fourth-order valence-corrected chi connectivity index (χ4v) is 5.14. The largest absolute Gasteiger partial charge is 0.323 e. The lowest BCUT2D eigenvalue weighted by molar-refractivity contribution is 0.746. The van der Waals surface area contributed by atoms with E-state index in [-0.39, 0.29) is 6.04 Å². The number of hydrogen-bond acceptors (Lipinski definition) is 4. The summed E-state index contributed by atoms with van der Waals surface area (Å²) in [4.78, 5) is 4.16. The molecule has 0 aliphatic heterocycles. The van der Waals surface area contributed by atoms with Crippen LogP contribution in [0.3, 0.4) is 0 Å². The Morgan fingerprint density at radius 3 is 2.67 bits per heavy atom. The highest BCUT2D eigenvalue weighted by atomic mass is 32.1. The maximum absolute atomic E-state index is 6.32. The molecule has 0 aliphatic rings. The van der Waals surface area contributed by atoms with Gasteiger partial charge in [-0.3, -0.25) is 0 Å². The van der Waals surface area contributed by atoms with Crippen LogP contribution in [0.4, 0.5) is 0 Å². The van der Waals surface area contributed by atoms with Gasteiger partial charge in [0.25, 0.3) is 0 Å². The molecule has 0 radical (unpaired) electrons. The number of thiophene rings is 3. The molecule has 94 valence electrons. The number of rotatable bonds is 4. The van der Waals surface area contributed by atoms with Crippen molar-refractivity contribution in [3.05, 3.63) is 44.3 Å². The van der Waals surface area contributed by atoms with Crippen LogP contribution in [0.5, 0.6) is 0 Å². The number of aryl methyl sites for hydroxylation is 1. The minimum atomic E-state index is 0.137. The standard InChI is InChI=1S/C14H15NS3/c1-2-9-3-4-10(17-9)7-11(15)13-8-14-12(18-13)5-6-16-14/h3-6,8,11H,2,7,15H2,1H3. The molecule has 1 unspecified atom stereocenters. The first-order valence-corrected chi connectivity index (χ1v) is 8.57. The van der Waals surface area contributed by atoms with Crippen LogP contribution < -0.4 is 5.73 Å². The average Bonchev–Trinajstić information content (AvgIpc) is 3.02. The Bertz CT molecular complexity index is 618. The summed E-state index contributed by atoms with van der Waals surface area (Å²) < 4.78 is 2.73. The van der Waals surface area contributed by atoms with Gasteiger partial charge in [-0.2, -0.15) is 0 Å². The zero-order chi connectivity index (χ0) is 12.5. The summed E-state index contributed by atoms with van der Waals surface area (Å²) in [5, 5.41) is 2.14. The zero-order valence-electron chi connectivity index (χ0n) is 10.2. The summed E-state index contributed by atoms with van der Waals surface area (Å²) in [6.45, 7) is 2.20. The Balaban J connectivity index is 1.77. The van der Waals surface area contributed by atoms with Gasteiger partial charge in [-0.1, -0.05) is 6.92 Å². The van der Waals surface area contributed by atoms with Crippen LogP contribution in [0.2, 0.25) is 0 Å². The Morgan fingerprint density at radius 1 is 1.11 bits per heavy atom. The van der Waals surface area contributed by atoms with E-state index >= 15 is 0 Å². The third-order valence-corrected chi connectivity index (χ3v) is 6.49. The van der Waals surface area contributed by atoms with Crippen molar-refractivity contribution in [2.24, 2.45) is 5.73 Å². The second-order valence-corrected chi connectivity index (χ2v) is 7.65. The van der Waals surface area contributed by atoms with E-state index < -0.39 is 0 Å². The Labute approximate surface area is 119 Å². The predicted octanol–water partition coefficient (Wildman–Crippen LogP) is 4.83. The van der Waals surface area contributed by atoms with E-state index in [1.165, 1.54) is 24.0 Å². The van der Waals surface area contributed by atoms with Crippen molar-refractivity contribution in [2.75, 3.05) is 0 Å². The number of fused-ring (bicyclic) bond motifs is 1. The van der Waals surface area contributed by atoms with Gasteiger partial charge in [-0.25, -0.2) is 0 Å². The van der Waals surface area contributed by atoms with Crippen molar-refractivity contribution < 1.29 is 0 Å². The smallest absolute Gasteiger partial charge is 0.0454 e. The highest BCUT2D eigenvalue weighted by molar-refractivity contribution is 7.27. The maximum atomic E-state index is 6.32. The van der Waals surface area contributed by atoms with Crippen LogP contribution in [0, 0.1) is 0 Å². The molecule has 3 aromatic heterocycles. The van der Waals surface area contributed by atoms with E-state index in [1.807, 2.05) is 22.7 Å². The van der Waals surface area contributed by atoms with Crippen molar-refractivity contribution in [1.29, 1.82) is 0 Å². The van der Waals surface area contributed by atoms with Crippen molar-refractivity contribution in [3.8, 4) is 0 Å². The van der Waals surface area contributed by atoms with Gasteiger partial charge < -0.3 is 5.73 Å². The molecule has 4 heteroatoms. The van der Waals surface area contributed by atoms with E-state index in [2.05, 4.69) is 36.6 Å². The fourth-order valence-electron chi connectivity index (χ4n) is 2.01. The minimum Gasteiger partial charge on any atom is -0.323 e. The molecule has 0 saturated heterocycles. The second-order valence-electron chi connectivity index (χ2n) is 4.33. The second kappa shape index (κ2) is 5.13. The molecule has 1 atom stereocenters. The number of hydrogen-bond donors (Lipinski definition) is 1. The molecule has 0 fully saturated rings. The summed E-state index contributed by atoms with van der Waals surface area (Å²) in [5.74, 6) is 0. The Morgan fingerprint density at radius 2 is 1.94 bits per heavy atom. The molecular weight excluding hydrogens is 278 g/mol. The van der Waals surface area contributed by atoms with Crippen LogP contribution in [-0.4, -0.2) is 0 Å². The van der Waals surface area contributed by atoms with Crippen molar-refractivity contribution >= 4 is 43.4 Å². The van der Waals surface area contributed by atoms with Gasteiger partial charge in [0.2, 0.25) is 0 Å². The van der Waals surface area contributed by atoms with Crippen molar-refractivity contribution in [1.82, 2.24) is 0 Å². The van der Waals surface area contributed by atoms with Crippen LogP contribution in [0.1, 0.15) is 27.6 Å². The molecule has 0 amide bonds. The molecule has 3 heterocycles. The van der Waals surface area contributed by atoms with E-state index in [0.29, 0.717) is 0 Å². The van der Waals surface area contributed by atoms with E-state index in [1.54, 1.807) is 11.3 Å². The average molecular weight is 293 g/mol. The highest BCUT2D eigenvalue weighted by Gasteiger charge is 2.12. The van der Waals surface area contributed by atoms with Gasteiger partial charge in [-0.05, 0) is 36.1 Å². The molecule has 0 saturated carbocycles. The fraction of sp³-hybridized carbons (Fsp3) is 0.286. The third-order valence-electron chi connectivity index (χ3n) is 3.01. The van der Waals surface area contributed by atoms with E-state index in [9.17, 15) is 0 Å². The molecule has 3 aromatic rings. The third kappa shape index (κ3) is 2.38. The van der Waals surface area contributed by atoms with E-state index in [4.69, 9.17) is 5.73 Å². The first-order chi connectivity index (χ1) is 8.76. The van der Waals surface area contributed by atoms with Crippen LogP contribution in [0.15, 0.2) is 29.6 Å². The lowest BCUT2D eigenvalue weighted by Crippen LogP contribution is -2.10. The van der Waals surface area contributed by atoms with Gasteiger partial charge >= 0.3 is 0 Å². The molecule has 1 nitrogen and oxygen atoms in total. The summed E-state index contributed by atoms with van der Waals surface area (Å²) in [5.41, 5.74) is 6.32. The molecule has 0 aliphatic carbocycles. The molecule has 3 rings (SSSR count). The molecule has 0 spiro atoms. The van der Waals surface area contributed by atoms with Crippen molar-refractivity contribution in [3.63, 3.8) is 0 Å². The van der Waals surface area contributed by atoms with Crippen LogP contribution >= 0.6 is 34.0 Å². The van der Waals surface area contributed by atoms with E-state index in [0.717, 1.165) is 12.8 Å². The Kier molecular flexibility index (Phi) is 3.52. The molecule has 0 bridgehead atoms. The lowest BCUT2D eigenvalue weighted by Gasteiger charge is -2.07. The molecule has 2 N–H and O–H groups in total. The molecule has 0 aromatic carbocycles. The normalized spacial score (nSPS) is 13.2. The van der Waals surface area contributed by atoms with Gasteiger partial charge in [-0.15, -0.1) is 34.0 Å². The first-order valence-electron chi connectivity index (χ1n) is 6.06.